The average Bonchev–Trinajstić information content (AvgIpc) is 2.90. The molecule has 0 fully saturated rings. The molecule has 1 aromatic carbocycles. The number of benzene rings is 1. The highest BCUT2D eigenvalue weighted by Crippen LogP contribution is 2.40. The first-order chi connectivity index (χ1) is 10.3. The largest absolute Gasteiger partial charge is 0.469 e. The number of thioether (sulfide) groups is 1. The van der Waals surface area contributed by atoms with Crippen LogP contribution in [-0.2, 0) is 16.0 Å². The Balaban J connectivity index is 2.23. The lowest BCUT2D eigenvalue weighted by Gasteiger charge is -2.23. The van der Waals surface area contributed by atoms with Gasteiger partial charge in [-0.3, -0.25) is 9.79 Å². The molecule has 1 aromatic rings. The van der Waals surface area contributed by atoms with E-state index in [1.54, 1.807) is 11.8 Å². The van der Waals surface area contributed by atoms with Gasteiger partial charge in [0.2, 0.25) is 0 Å². The Morgan fingerprint density at radius 2 is 1.95 bits per heavy atom. The molecule has 1 aliphatic heterocycles. The lowest BCUT2D eigenvalue weighted by atomic mass is 9.95. The second kappa shape index (κ2) is 6.86. The van der Waals surface area contributed by atoms with Crippen LogP contribution in [0.4, 0.5) is 0 Å². The van der Waals surface area contributed by atoms with E-state index in [2.05, 4.69) is 32.9 Å². The number of esters is 1. The molecular formula is C18H25NO2S. The van der Waals surface area contributed by atoms with Crippen molar-refractivity contribution >= 4 is 22.8 Å². The number of carbonyl (C=O) groups is 1. The van der Waals surface area contributed by atoms with E-state index in [1.807, 2.05) is 25.1 Å². The van der Waals surface area contributed by atoms with Crippen molar-refractivity contribution < 1.29 is 9.53 Å². The number of methoxy groups -OCH3 is 1. The van der Waals surface area contributed by atoms with E-state index < -0.39 is 0 Å². The van der Waals surface area contributed by atoms with Crippen molar-refractivity contribution in [2.45, 2.75) is 45.4 Å². The number of nitrogens with zero attached hydrogens (tertiary/aromatic N) is 1. The quantitative estimate of drug-likeness (QED) is 0.788. The summed E-state index contributed by atoms with van der Waals surface area (Å²) in [6.45, 7) is 8.46. The van der Waals surface area contributed by atoms with E-state index in [9.17, 15) is 4.79 Å². The van der Waals surface area contributed by atoms with E-state index in [4.69, 9.17) is 9.73 Å². The lowest BCUT2D eigenvalue weighted by Crippen LogP contribution is -2.32. The SMILES string of the molecule is COC(=O)[C@@H](C)C1SC(C(C)(C)C)=N[C@H]1Cc1ccccc1. The first kappa shape index (κ1) is 17.1. The molecule has 1 heterocycles. The van der Waals surface area contributed by atoms with Crippen LogP contribution < -0.4 is 0 Å². The standard InChI is InChI=1S/C18H25NO2S/c1-12(16(20)21-5)15-14(11-13-9-7-6-8-10-13)19-17(22-15)18(2,3)4/h6-10,12,14-15H,11H2,1-5H3/t12-,14-,15?/m0/s1. The number of hydrogen-bond donors (Lipinski definition) is 0. The van der Waals surface area contributed by atoms with Gasteiger partial charge in [-0.2, -0.15) is 0 Å². The van der Waals surface area contributed by atoms with Crippen molar-refractivity contribution in [3.8, 4) is 0 Å². The lowest BCUT2D eigenvalue weighted by molar-refractivity contribution is -0.144. The Bertz CT molecular complexity index is 548. The Morgan fingerprint density at radius 1 is 1.32 bits per heavy atom. The van der Waals surface area contributed by atoms with E-state index in [0.29, 0.717) is 0 Å². The Hall–Kier alpha value is -1.29. The van der Waals surface area contributed by atoms with Gasteiger partial charge in [-0.1, -0.05) is 58.0 Å². The van der Waals surface area contributed by atoms with Crippen LogP contribution >= 0.6 is 11.8 Å². The first-order valence-electron chi connectivity index (χ1n) is 7.69. The molecule has 0 saturated heterocycles. The Morgan fingerprint density at radius 3 is 2.50 bits per heavy atom. The molecule has 0 saturated carbocycles. The zero-order chi connectivity index (χ0) is 16.3. The summed E-state index contributed by atoms with van der Waals surface area (Å²) in [5, 5.41) is 1.27. The molecule has 0 amide bonds. The monoisotopic (exact) mass is 319 g/mol. The molecule has 0 radical (unpaired) electrons. The molecule has 0 aliphatic carbocycles. The van der Waals surface area contributed by atoms with Gasteiger partial charge in [0.15, 0.2) is 0 Å². The zero-order valence-corrected chi connectivity index (χ0v) is 14.8. The van der Waals surface area contributed by atoms with Crippen LogP contribution in [0.25, 0.3) is 0 Å². The highest BCUT2D eigenvalue weighted by Gasteiger charge is 2.40. The van der Waals surface area contributed by atoms with Gasteiger partial charge in [0.1, 0.15) is 0 Å². The Labute approximate surface area is 137 Å². The van der Waals surface area contributed by atoms with Crippen LogP contribution in [-0.4, -0.2) is 29.4 Å². The number of ether oxygens (including phenoxy) is 1. The first-order valence-corrected chi connectivity index (χ1v) is 8.57. The molecule has 2 rings (SSSR count). The van der Waals surface area contributed by atoms with Crippen LogP contribution in [0.1, 0.15) is 33.3 Å². The molecule has 4 heteroatoms. The zero-order valence-electron chi connectivity index (χ0n) is 14.0. The maximum Gasteiger partial charge on any atom is 0.309 e. The highest BCUT2D eigenvalue weighted by atomic mass is 32.2. The van der Waals surface area contributed by atoms with Crippen LogP contribution in [0.5, 0.6) is 0 Å². The minimum Gasteiger partial charge on any atom is -0.469 e. The van der Waals surface area contributed by atoms with Crippen molar-refractivity contribution in [2.75, 3.05) is 7.11 Å². The molecule has 0 N–H and O–H groups in total. The summed E-state index contributed by atoms with van der Waals surface area (Å²) < 4.78 is 4.94. The van der Waals surface area contributed by atoms with E-state index in [0.717, 1.165) is 11.5 Å². The summed E-state index contributed by atoms with van der Waals surface area (Å²) >= 11 is 1.75. The Kier molecular flexibility index (Phi) is 5.32. The summed E-state index contributed by atoms with van der Waals surface area (Å²) in [5.41, 5.74) is 1.28. The molecular weight excluding hydrogens is 294 g/mol. The van der Waals surface area contributed by atoms with Gasteiger partial charge in [0.25, 0.3) is 0 Å². The second-order valence-corrected chi connectivity index (χ2v) is 8.00. The normalized spacial score (nSPS) is 23.0. The van der Waals surface area contributed by atoms with E-state index in [1.165, 1.54) is 12.7 Å². The molecule has 3 atom stereocenters. The third kappa shape index (κ3) is 3.92. The van der Waals surface area contributed by atoms with Crippen LogP contribution in [0.2, 0.25) is 0 Å². The van der Waals surface area contributed by atoms with Gasteiger partial charge in [0, 0.05) is 10.7 Å². The average molecular weight is 319 g/mol. The fourth-order valence-corrected chi connectivity index (χ4v) is 4.04. The molecule has 120 valence electrons. The molecule has 0 spiro atoms. The topological polar surface area (TPSA) is 38.7 Å². The van der Waals surface area contributed by atoms with E-state index in [-0.39, 0.29) is 28.6 Å². The summed E-state index contributed by atoms with van der Waals surface area (Å²) in [7, 11) is 1.45. The van der Waals surface area contributed by atoms with Gasteiger partial charge in [-0.25, -0.2) is 0 Å². The third-order valence-corrected chi connectivity index (χ3v) is 5.84. The maximum absolute atomic E-state index is 12.0. The highest BCUT2D eigenvalue weighted by molar-refractivity contribution is 8.14. The van der Waals surface area contributed by atoms with Crippen LogP contribution in [0.15, 0.2) is 35.3 Å². The molecule has 1 unspecified atom stereocenters. The molecule has 22 heavy (non-hydrogen) atoms. The number of rotatable bonds is 4. The smallest absolute Gasteiger partial charge is 0.309 e. The van der Waals surface area contributed by atoms with Crippen molar-refractivity contribution in [3.05, 3.63) is 35.9 Å². The van der Waals surface area contributed by atoms with Gasteiger partial charge in [0.05, 0.1) is 24.1 Å². The summed E-state index contributed by atoms with van der Waals surface area (Å²) in [6.07, 6.45) is 0.861. The van der Waals surface area contributed by atoms with Gasteiger partial charge in [-0.05, 0) is 12.0 Å². The minimum absolute atomic E-state index is 0.0180. The second-order valence-electron chi connectivity index (χ2n) is 6.84. The molecule has 0 bridgehead atoms. The fourth-order valence-electron chi connectivity index (χ4n) is 2.61. The van der Waals surface area contributed by atoms with Crippen LogP contribution in [0.3, 0.4) is 0 Å². The van der Waals surface area contributed by atoms with Crippen molar-refractivity contribution in [1.29, 1.82) is 0 Å². The number of hydrogen-bond acceptors (Lipinski definition) is 4. The number of aliphatic imine (C=N–C) groups is 1. The van der Waals surface area contributed by atoms with Crippen molar-refractivity contribution in [2.24, 2.45) is 16.3 Å². The van der Waals surface area contributed by atoms with Crippen LogP contribution in [0, 0.1) is 11.3 Å². The van der Waals surface area contributed by atoms with Gasteiger partial charge >= 0.3 is 5.97 Å². The summed E-state index contributed by atoms with van der Waals surface area (Å²) in [5.74, 6) is -0.312. The van der Waals surface area contributed by atoms with Gasteiger partial charge < -0.3 is 4.74 Å². The molecule has 0 aromatic heterocycles. The van der Waals surface area contributed by atoms with E-state index >= 15 is 0 Å². The minimum atomic E-state index is -0.160. The summed E-state index contributed by atoms with van der Waals surface area (Å²) in [4.78, 5) is 16.9. The molecule has 3 nitrogen and oxygen atoms in total. The third-order valence-electron chi connectivity index (χ3n) is 3.91. The molecule has 1 aliphatic rings. The fraction of sp³-hybridized carbons (Fsp3) is 0.556. The predicted octanol–water partition coefficient (Wildman–Crippen LogP) is 3.97. The maximum atomic E-state index is 12.0. The number of carbonyl (C=O) groups excluding carboxylic acids is 1. The van der Waals surface area contributed by atoms with Crippen molar-refractivity contribution in [3.63, 3.8) is 0 Å². The predicted molar refractivity (Wildman–Crippen MR) is 93.4 cm³/mol. The van der Waals surface area contributed by atoms with Crippen molar-refractivity contribution in [1.82, 2.24) is 0 Å². The van der Waals surface area contributed by atoms with Gasteiger partial charge in [-0.15, -0.1) is 11.8 Å². The summed E-state index contributed by atoms with van der Waals surface area (Å²) in [6, 6.07) is 10.5.